The molecule has 1 aliphatic heterocycles. The van der Waals surface area contributed by atoms with Crippen molar-refractivity contribution in [2.75, 3.05) is 25.2 Å². The number of ether oxygens (including phenoxy) is 1. The number of rotatable bonds is 4. The van der Waals surface area contributed by atoms with Crippen molar-refractivity contribution in [1.82, 2.24) is 4.90 Å². The first kappa shape index (κ1) is 17.3. The van der Waals surface area contributed by atoms with Gasteiger partial charge in [0.1, 0.15) is 0 Å². The van der Waals surface area contributed by atoms with E-state index in [2.05, 4.69) is 0 Å². The molecule has 6 nitrogen and oxygen atoms in total. The highest BCUT2D eigenvalue weighted by atomic mass is 32.2. The second-order valence-electron chi connectivity index (χ2n) is 8.84. The molecule has 0 radical (unpaired) electrons. The maximum atomic E-state index is 12.8. The Morgan fingerprint density at radius 3 is 2.12 bits per heavy atom. The van der Waals surface area contributed by atoms with Gasteiger partial charge in [0, 0.05) is 13.1 Å². The van der Waals surface area contributed by atoms with Crippen LogP contribution in [0.15, 0.2) is 0 Å². The Balaban J connectivity index is 1.34. The zero-order chi connectivity index (χ0) is 17.8. The molecule has 4 aliphatic carbocycles. The van der Waals surface area contributed by atoms with Gasteiger partial charge in [-0.2, -0.15) is 0 Å². The summed E-state index contributed by atoms with van der Waals surface area (Å²) < 4.78 is 28.6. The smallest absolute Gasteiger partial charge is 0.312 e. The molecular formula is C18H27NO5S. The number of carbonyl (C=O) groups excluding carboxylic acids is 2. The van der Waals surface area contributed by atoms with E-state index < -0.39 is 9.84 Å². The maximum absolute atomic E-state index is 12.8. The molecule has 5 fully saturated rings. The Morgan fingerprint density at radius 1 is 1.08 bits per heavy atom. The first-order valence-electron chi connectivity index (χ1n) is 9.40. The minimum absolute atomic E-state index is 0.0121. The third-order valence-electron chi connectivity index (χ3n) is 6.95. The van der Waals surface area contributed by atoms with Crippen LogP contribution in [-0.2, 0) is 24.2 Å². The maximum Gasteiger partial charge on any atom is 0.312 e. The van der Waals surface area contributed by atoms with E-state index in [1.807, 2.05) is 0 Å². The van der Waals surface area contributed by atoms with Crippen LogP contribution in [0.5, 0.6) is 0 Å². The number of hydrogen-bond acceptors (Lipinski definition) is 5. The van der Waals surface area contributed by atoms with Crippen molar-refractivity contribution in [2.24, 2.45) is 23.2 Å². The summed E-state index contributed by atoms with van der Waals surface area (Å²) in [6.45, 7) is -0.270. The van der Waals surface area contributed by atoms with E-state index in [1.54, 1.807) is 7.05 Å². The summed E-state index contributed by atoms with van der Waals surface area (Å²) in [6, 6.07) is -0.296. The highest BCUT2D eigenvalue weighted by Crippen LogP contribution is 2.60. The van der Waals surface area contributed by atoms with Crippen molar-refractivity contribution in [3.05, 3.63) is 0 Å². The van der Waals surface area contributed by atoms with Gasteiger partial charge in [-0.15, -0.1) is 0 Å². The van der Waals surface area contributed by atoms with Gasteiger partial charge in [0.15, 0.2) is 16.4 Å². The Kier molecular flexibility index (Phi) is 4.13. The van der Waals surface area contributed by atoms with E-state index in [0.29, 0.717) is 24.2 Å². The SMILES string of the molecule is CN(C(=O)COC(=O)C12CC3CC(CC(C3)C1)C2)[C@H]1CCS(=O)(=O)C1. The van der Waals surface area contributed by atoms with Crippen LogP contribution in [0.2, 0.25) is 0 Å². The highest BCUT2D eigenvalue weighted by Gasteiger charge is 2.55. The molecule has 0 aromatic heterocycles. The van der Waals surface area contributed by atoms with E-state index >= 15 is 0 Å². The summed E-state index contributed by atoms with van der Waals surface area (Å²) in [5, 5.41) is 0. The van der Waals surface area contributed by atoms with Crippen LogP contribution in [-0.4, -0.2) is 56.4 Å². The Labute approximate surface area is 149 Å². The van der Waals surface area contributed by atoms with Gasteiger partial charge in [-0.05, 0) is 62.7 Å². The lowest BCUT2D eigenvalue weighted by Crippen LogP contribution is -2.51. The summed E-state index contributed by atoms with van der Waals surface area (Å²) >= 11 is 0. The van der Waals surface area contributed by atoms with Gasteiger partial charge in [-0.3, -0.25) is 9.59 Å². The van der Waals surface area contributed by atoms with Crippen molar-refractivity contribution in [3.8, 4) is 0 Å². The first-order valence-corrected chi connectivity index (χ1v) is 11.2. The van der Waals surface area contributed by atoms with Crippen molar-refractivity contribution in [1.29, 1.82) is 0 Å². The largest absolute Gasteiger partial charge is 0.455 e. The molecule has 0 N–H and O–H groups in total. The summed E-state index contributed by atoms with van der Waals surface area (Å²) in [4.78, 5) is 26.5. The minimum atomic E-state index is -3.04. The number of nitrogens with zero attached hydrogens (tertiary/aromatic N) is 1. The quantitative estimate of drug-likeness (QED) is 0.700. The second kappa shape index (κ2) is 5.96. The van der Waals surface area contributed by atoms with E-state index in [-0.39, 0.29) is 41.4 Å². The first-order chi connectivity index (χ1) is 11.8. The molecule has 0 aromatic carbocycles. The van der Waals surface area contributed by atoms with Gasteiger partial charge < -0.3 is 9.64 Å². The van der Waals surface area contributed by atoms with E-state index in [1.165, 1.54) is 24.2 Å². The molecule has 140 valence electrons. The van der Waals surface area contributed by atoms with E-state index in [0.717, 1.165) is 19.3 Å². The van der Waals surface area contributed by atoms with Gasteiger partial charge in [-0.25, -0.2) is 8.42 Å². The fourth-order valence-electron chi connectivity index (χ4n) is 6.03. The van der Waals surface area contributed by atoms with Crippen LogP contribution < -0.4 is 0 Å². The lowest BCUT2D eigenvalue weighted by atomic mass is 9.49. The van der Waals surface area contributed by atoms with Crippen LogP contribution in [0.1, 0.15) is 44.9 Å². The average Bonchev–Trinajstić information content (AvgIpc) is 2.90. The number of hydrogen-bond donors (Lipinski definition) is 0. The van der Waals surface area contributed by atoms with Crippen molar-refractivity contribution in [3.63, 3.8) is 0 Å². The third-order valence-corrected chi connectivity index (χ3v) is 8.70. The zero-order valence-corrected chi connectivity index (χ0v) is 15.6. The third kappa shape index (κ3) is 3.20. The fourth-order valence-corrected chi connectivity index (χ4v) is 7.80. The summed E-state index contributed by atoms with van der Waals surface area (Å²) in [5.41, 5.74) is -0.357. The predicted octanol–water partition coefficient (Wildman–Crippen LogP) is 1.39. The van der Waals surface area contributed by atoms with Gasteiger partial charge in [-0.1, -0.05) is 0 Å². The molecule has 0 unspecified atom stereocenters. The minimum Gasteiger partial charge on any atom is -0.455 e. The van der Waals surface area contributed by atoms with Crippen LogP contribution in [0.3, 0.4) is 0 Å². The Morgan fingerprint density at radius 2 is 1.64 bits per heavy atom. The monoisotopic (exact) mass is 369 g/mol. The molecule has 0 aromatic rings. The van der Waals surface area contributed by atoms with Gasteiger partial charge in [0.2, 0.25) is 0 Å². The van der Waals surface area contributed by atoms with Crippen molar-refractivity contribution < 1.29 is 22.7 Å². The molecule has 1 amide bonds. The molecule has 0 spiro atoms. The van der Waals surface area contributed by atoms with E-state index in [9.17, 15) is 18.0 Å². The predicted molar refractivity (Wildman–Crippen MR) is 91.4 cm³/mol. The number of esters is 1. The fraction of sp³-hybridized carbons (Fsp3) is 0.889. The molecule has 1 heterocycles. The van der Waals surface area contributed by atoms with Crippen LogP contribution >= 0.6 is 0 Å². The molecule has 4 bridgehead atoms. The lowest BCUT2D eigenvalue weighted by molar-refractivity contribution is -0.174. The molecular weight excluding hydrogens is 342 g/mol. The van der Waals surface area contributed by atoms with Gasteiger partial charge in [0.05, 0.1) is 16.9 Å². The average molecular weight is 369 g/mol. The number of carbonyl (C=O) groups is 2. The molecule has 1 saturated heterocycles. The molecule has 4 saturated carbocycles. The van der Waals surface area contributed by atoms with Crippen LogP contribution in [0, 0.1) is 23.2 Å². The van der Waals surface area contributed by atoms with Crippen LogP contribution in [0.25, 0.3) is 0 Å². The summed E-state index contributed by atoms with van der Waals surface area (Å²) in [5.74, 6) is 1.59. The molecule has 25 heavy (non-hydrogen) atoms. The van der Waals surface area contributed by atoms with Crippen molar-refractivity contribution in [2.45, 2.75) is 51.0 Å². The molecule has 5 aliphatic rings. The Hall–Kier alpha value is -1.11. The zero-order valence-electron chi connectivity index (χ0n) is 14.8. The molecule has 5 rings (SSSR count). The van der Waals surface area contributed by atoms with Gasteiger partial charge in [0.25, 0.3) is 5.91 Å². The molecule has 1 atom stereocenters. The normalized spacial score (nSPS) is 40.8. The van der Waals surface area contributed by atoms with Gasteiger partial charge >= 0.3 is 5.97 Å². The molecule has 7 heteroatoms. The number of likely N-dealkylation sites (N-methyl/N-ethyl adjacent to an activating group) is 1. The number of sulfone groups is 1. The lowest BCUT2D eigenvalue weighted by Gasteiger charge is -2.55. The highest BCUT2D eigenvalue weighted by molar-refractivity contribution is 7.91. The summed E-state index contributed by atoms with van der Waals surface area (Å²) in [7, 11) is -1.43. The topological polar surface area (TPSA) is 80.8 Å². The van der Waals surface area contributed by atoms with E-state index in [4.69, 9.17) is 4.74 Å². The summed E-state index contributed by atoms with van der Waals surface area (Å²) in [6.07, 6.45) is 6.99. The number of amides is 1. The standard InChI is InChI=1S/C18H27NO5S/c1-19(15-2-3-25(22,23)11-15)16(20)10-24-17(21)18-7-12-4-13(8-18)6-14(5-12)9-18/h12-15H,2-11H2,1H3/t12?,13?,14?,15-,18?/m0/s1. The second-order valence-corrected chi connectivity index (χ2v) is 11.1. The van der Waals surface area contributed by atoms with Crippen LogP contribution in [0.4, 0.5) is 0 Å². The Bertz CT molecular complexity index is 650. The van der Waals surface area contributed by atoms with Crippen molar-refractivity contribution >= 4 is 21.7 Å².